The Labute approximate surface area is 177 Å². The van der Waals surface area contributed by atoms with Gasteiger partial charge in [0.15, 0.2) is 11.5 Å². The van der Waals surface area contributed by atoms with E-state index in [2.05, 4.69) is 15.3 Å². The number of nitrogens with two attached hydrogens (primary N) is 2. The zero-order chi connectivity index (χ0) is 22.5. The Balaban J connectivity index is 1.97. The molecule has 0 saturated heterocycles. The summed E-state index contributed by atoms with van der Waals surface area (Å²) in [6, 6.07) is 7.47. The predicted octanol–water partition coefficient (Wildman–Crippen LogP) is 2.60. The van der Waals surface area contributed by atoms with Gasteiger partial charge < -0.3 is 30.4 Å². The third-order valence-electron chi connectivity index (χ3n) is 4.18. The van der Waals surface area contributed by atoms with Crippen molar-refractivity contribution in [2.75, 3.05) is 37.6 Å². The number of rotatable bonds is 6. The Kier molecular flexibility index (Phi) is 6.24. The summed E-state index contributed by atoms with van der Waals surface area (Å²) >= 11 is 0. The SMILES string of the molecule is CCOC(=O)Nc1cc(OC)c(OC)cc1C(=O)Oc1ccc2nc(N)nc(N)c2c1. The summed E-state index contributed by atoms with van der Waals surface area (Å²) in [5.74, 6) is 0.192. The number of amides is 1. The number of anilines is 3. The average molecular weight is 427 g/mol. The lowest BCUT2D eigenvalue weighted by Crippen LogP contribution is -2.18. The number of carbonyl (C=O) groups excluding carboxylic acids is 2. The molecule has 11 nitrogen and oxygen atoms in total. The number of fused-ring (bicyclic) bond motifs is 1. The lowest BCUT2D eigenvalue weighted by Gasteiger charge is -2.15. The first-order valence-corrected chi connectivity index (χ1v) is 9.11. The summed E-state index contributed by atoms with van der Waals surface area (Å²) in [6.45, 7) is 1.82. The van der Waals surface area contributed by atoms with Crippen molar-refractivity contribution in [3.8, 4) is 17.2 Å². The largest absolute Gasteiger partial charge is 0.493 e. The van der Waals surface area contributed by atoms with Gasteiger partial charge >= 0.3 is 12.1 Å². The summed E-state index contributed by atoms with van der Waals surface area (Å²) in [7, 11) is 2.85. The van der Waals surface area contributed by atoms with E-state index in [0.29, 0.717) is 16.7 Å². The molecule has 0 fully saturated rings. The van der Waals surface area contributed by atoms with Crippen molar-refractivity contribution in [2.45, 2.75) is 6.92 Å². The van der Waals surface area contributed by atoms with Crippen molar-refractivity contribution in [1.82, 2.24) is 9.97 Å². The van der Waals surface area contributed by atoms with Crippen molar-refractivity contribution >= 4 is 40.4 Å². The lowest BCUT2D eigenvalue weighted by molar-refractivity contribution is 0.0735. The second-order valence-corrected chi connectivity index (χ2v) is 6.13. The molecule has 0 radical (unpaired) electrons. The third kappa shape index (κ3) is 4.66. The summed E-state index contributed by atoms with van der Waals surface area (Å²) in [5, 5.41) is 2.97. The van der Waals surface area contributed by atoms with E-state index in [4.69, 9.17) is 30.4 Å². The number of ether oxygens (including phenoxy) is 4. The number of nitrogens with zero attached hydrogens (tertiary/aromatic N) is 2. The zero-order valence-electron chi connectivity index (χ0n) is 17.1. The van der Waals surface area contributed by atoms with Gasteiger partial charge in [-0.1, -0.05) is 0 Å². The number of nitrogen functional groups attached to an aromatic ring is 2. The molecule has 0 bridgehead atoms. The van der Waals surface area contributed by atoms with E-state index in [0.717, 1.165) is 0 Å². The smallest absolute Gasteiger partial charge is 0.411 e. The highest BCUT2D eigenvalue weighted by Crippen LogP contribution is 2.34. The summed E-state index contributed by atoms with van der Waals surface area (Å²) in [5.41, 5.74) is 12.1. The van der Waals surface area contributed by atoms with E-state index in [1.807, 2.05) is 0 Å². The van der Waals surface area contributed by atoms with Crippen molar-refractivity contribution in [3.05, 3.63) is 35.9 Å². The van der Waals surface area contributed by atoms with Crippen molar-refractivity contribution in [3.63, 3.8) is 0 Å². The molecule has 5 N–H and O–H groups in total. The van der Waals surface area contributed by atoms with Crippen LogP contribution in [0.5, 0.6) is 17.2 Å². The Morgan fingerprint density at radius 3 is 2.42 bits per heavy atom. The number of esters is 1. The van der Waals surface area contributed by atoms with Gasteiger partial charge in [0.2, 0.25) is 5.95 Å². The minimum atomic E-state index is -0.762. The maximum atomic E-state index is 12.9. The van der Waals surface area contributed by atoms with Crippen LogP contribution < -0.4 is 31.0 Å². The van der Waals surface area contributed by atoms with Crippen LogP contribution in [0, 0.1) is 0 Å². The fourth-order valence-electron chi connectivity index (χ4n) is 2.80. The molecule has 0 unspecified atom stereocenters. The molecule has 31 heavy (non-hydrogen) atoms. The Morgan fingerprint density at radius 1 is 1.03 bits per heavy atom. The van der Waals surface area contributed by atoms with E-state index in [9.17, 15) is 9.59 Å². The molecule has 0 aliphatic heterocycles. The fraction of sp³-hybridized carbons (Fsp3) is 0.200. The highest BCUT2D eigenvalue weighted by molar-refractivity contribution is 6.02. The van der Waals surface area contributed by atoms with Gasteiger partial charge in [0.25, 0.3) is 0 Å². The van der Waals surface area contributed by atoms with Gasteiger partial charge in [0.1, 0.15) is 11.6 Å². The molecule has 0 spiro atoms. The maximum absolute atomic E-state index is 12.9. The van der Waals surface area contributed by atoms with Crippen molar-refractivity contribution < 1.29 is 28.5 Å². The first-order valence-electron chi connectivity index (χ1n) is 9.11. The van der Waals surface area contributed by atoms with Crippen molar-refractivity contribution in [1.29, 1.82) is 0 Å². The zero-order valence-corrected chi connectivity index (χ0v) is 17.1. The van der Waals surface area contributed by atoms with Crippen LogP contribution in [-0.2, 0) is 4.74 Å². The third-order valence-corrected chi connectivity index (χ3v) is 4.18. The lowest BCUT2D eigenvalue weighted by atomic mass is 10.1. The Hall–Kier alpha value is -4.28. The van der Waals surface area contributed by atoms with Crippen LogP contribution in [0.4, 0.5) is 22.2 Å². The molecule has 2 aromatic carbocycles. The molecule has 1 amide bonds. The topological polar surface area (TPSA) is 161 Å². The number of aromatic nitrogens is 2. The Bertz CT molecular complexity index is 1150. The minimum absolute atomic E-state index is 0.0207. The van der Waals surface area contributed by atoms with E-state index in [1.54, 1.807) is 13.0 Å². The van der Waals surface area contributed by atoms with Crippen LogP contribution in [0.25, 0.3) is 10.9 Å². The van der Waals surface area contributed by atoms with E-state index < -0.39 is 12.1 Å². The predicted molar refractivity (Wildman–Crippen MR) is 114 cm³/mol. The monoisotopic (exact) mass is 427 g/mol. The van der Waals surface area contributed by atoms with Crippen LogP contribution in [0.3, 0.4) is 0 Å². The first-order chi connectivity index (χ1) is 14.9. The van der Waals surface area contributed by atoms with E-state index >= 15 is 0 Å². The van der Waals surface area contributed by atoms with E-state index in [-0.39, 0.29) is 41.1 Å². The summed E-state index contributed by atoms with van der Waals surface area (Å²) in [6.07, 6.45) is -0.739. The van der Waals surface area contributed by atoms with Crippen LogP contribution in [0.15, 0.2) is 30.3 Å². The number of carbonyl (C=O) groups is 2. The summed E-state index contributed by atoms with van der Waals surface area (Å²) in [4.78, 5) is 32.8. The maximum Gasteiger partial charge on any atom is 0.411 e. The van der Waals surface area contributed by atoms with Crippen LogP contribution in [-0.4, -0.2) is 42.9 Å². The quantitative estimate of drug-likeness (QED) is 0.394. The Morgan fingerprint density at radius 2 is 1.74 bits per heavy atom. The normalized spacial score (nSPS) is 10.4. The molecular weight excluding hydrogens is 406 g/mol. The van der Waals surface area contributed by atoms with Gasteiger partial charge in [-0.2, -0.15) is 4.98 Å². The minimum Gasteiger partial charge on any atom is -0.493 e. The molecule has 3 aromatic rings. The highest BCUT2D eigenvalue weighted by Gasteiger charge is 2.21. The number of hydrogen-bond donors (Lipinski definition) is 3. The van der Waals surface area contributed by atoms with Gasteiger partial charge in [-0.25, -0.2) is 14.6 Å². The van der Waals surface area contributed by atoms with Crippen molar-refractivity contribution in [2.24, 2.45) is 0 Å². The molecule has 1 aromatic heterocycles. The molecule has 1 heterocycles. The molecule has 0 aliphatic rings. The van der Waals surface area contributed by atoms with Crippen LogP contribution in [0.2, 0.25) is 0 Å². The molecule has 11 heteroatoms. The molecule has 3 rings (SSSR count). The molecule has 0 aliphatic carbocycles. The number of methoxy groups -OCH3 is 2. The van der Waals surface area contributed by atoms with Gasteiger partial charge in [-0.15, -0.1) is 0 Å². The molecule has 0 saturated carbocycles. The van der Waals surface area contributed by atoms with Gasteiger partial charge in [0, 0.05) is 17.5 Å². The van der Waals surface area contributed by atoms with E-state index in [1.165, 1.54) is 38.5 Å². The highest BCUT2D eigenvalue weighted by atomic mass is 16.5. The van der Waals surface area contributed by atoms with Gasteiger partial charge in [-0.3, -0.25) is 5.32 Å². The molecule has 0 atom stereocenters. The molecule has 162 valence electrons. The standard InChI is InChI=1S/C20H21N5O6/c1-4-30-20(27)24-14-9-16(29-3)15(28-2)8-12(14)18(26)31-10-5-6-13-11(7-10)17(21)25-19(22)23-13/h5-9H,4H2,1-3H3,(H,24,27)(H4,21,22,23,25). The summed E-state index contributed by atoms with van der Waals surface area (Å²) < 4.78 is 20.8. The first kappa shape index (κ1) is 21.4. The van der Waals surface area contributed by atoms with Gasteiger partial charge in [0.05, 0.1) is 37.6 Å². The number of nitrogens with one attached hydrogen (secondary N) is 1. The second-order valence-electron chi connectivity index (χ2n) is 6.13. The second kappa shape index (κ2) is 9.03. The fourth-order valence-corrected chi connectivity index (χ4v) is 2.80. The number of benzene rings is 2. The molecular formula is C20H21N5O6. The average Bonchev–Trinajstić information content (AvgIpc) is 2.73. The van der Waals surface area contributed by atoms with Crippen LogP contribution in [0.1, 0.15) is 17.3 Å². The van der Waals surface area contributed by atoms with Crippen LogP contribution >= 0.6 is 0 Å². The van der Waals surface area contributed by atoms with Gasteiger partial charge in [-0.05, 0) is 25.1 Å². The number of hydrogen-bond acceptors (Lipinski definition) is 10.